The van der Waals surface area contributed by atoms with Crippen LogP contribution >= 0.6 is 0 Å². The minimum Gasteiger partial charge on any atom is -0.477 e. The lowest BCUT2D eigenvalue weighted by atomic mass is 10.3. The molecule has 5 heteroatoms. The van der Waals surface area contributed by atoms with E-state index >= 15 is 0 Å². The first-order valence-corrected chi connectivity index (χ1v) is 3.96. The van der Waals surface area contributed by atoms with Crippen molar-refractivity contribution in [1.82, 2.24) is 9.97 Å². The van der Waals surface area contributed by atoms with Gasteiger partial charge in [0.1, 0.15) is 0 Å². The zero-order valence-corrected chi connectivity index (χ0v) is 7.53. The Morgan fingerprint density at radius 1 is 1.62 bits per heavy atom. The van der Waals surface area contributed by atoms with Gasteiger partial charge in [-0.2, -0.15) is 0 Å². The van der Waals surface area contributed by atoms with Crippen molar-refractivity contribution in [2.45, 2.75) is 13.8 Å². The van der Waals surface area contributed by atoms with Gasteiger partial charge in [0, 0.05) is 12.2 Å². The first kappa shape index (κ1) is 9.44. The molecule has 1 aromatic rings. The van der Waals surface area contributed by atoms with Crippen molar-refractivity contribution in [3.8, 4) is 0 Å². The van der Waals surface area contributed by atoms with E-state index < -0.39 is 5.97 Å². The van der Waals surface area contributed by atoms with E-state index in [-0.39, 0.29) is 5.69 Å². The number of nitrogens with one attached hydrogen (secondary N) is 1. The van der Waals surface area contributed by atoms with Gasteiger partial charge in [-0.25, -0.2) is 14.8 Å². The molecule has 0 aliphatic rings. The topological polar surface area (TPSA) is 75.1 Å². The summed E-state index contributed by atoms with van der Waals surface area (Å²) < 4.78 is 0. The molecule has 0 aromatic carbocycles. The first-order valence-electron chi connectivity index (χ1n) is 3.96. The number of hydrogen-bond acceptors (Lipinski definition) is 4. The van der Waals surface area contributed by atoms with E-state index in [9.17, 15) is 4.79 Å². The maximum absolute atomic E-state index is 10.6. The molecule has 0 fully saturated rings. The SMILES string of the molecule is CCNc1nc(C)cc(C(=O)O)n1. The first-order chi connectivity index (χ1) is 6.13. The van der Waals surface area contributed by atoms with Crippen molar-refractivity contribution in [3.63, 3.8) is 0 Å². The third kappa shape index (κ3) is 2.40. The van der Waals surface area contributed by atoms with Gasteiger partial charge in [-0.15, -0.1) is 0 Å². The summed E-state index contributed by atoms with van der Waals surface area (Å²) in [5, 5.41) is 11.5. The number of nitrogens with zero attached hydrogens (tertiary/aromatic N) is 2. The minimum absolute atomic E-state index is 0.0171. The number of aromatic carboxylic acids is 1. The van der Waals surface area contributed by atoms with Gasteiger partial charge in [0.2, 0.25) is 5.95 Å². The fourth-order valence-corrected chi connectivity index (χ4v) is 0.915. The van der Waals surface area contributed by atoms with Gasteiger partial charge in [0.15, 0.2) is 5.69 Å². The molecule has 0 aliphatic heterocycles. The number of aromatic nitrogens is 2. The van der Waals surface area contributed by atoms with Gasteiger partial charge >= 0.3 is 5.97 Å². The average Bonchev–Trinajstić information content (AvgIpc) is 2.03. The van der Waals surface area contributed by atoms with Gasteiger partial charge in [0.25, 0.3) is 0 Å². The number of anilines is 1. The number of hydrogen-bond donors (Lipinski definition) is 2. The quantitative estimate of drug-likeness (QED) is 0.725. The Balaban J connectivity index is 3.03. The molecule has 13 heavy (non-hydrogen) atoms. The summed E-state index contributed by atoms with van der Waals surface area (Å²) in [6.07, 6.45) is 0. The second-order valence-corrected chi connectivity index (χ2v) is 2.55. The van der Waals surface area contributed by atoms with Crippen LogP contribution in [0.15, 0.2) is 6.07 Å². The molecule has 0 aliphatic carbocycles. The molecule has 70 valence electrons. The molecule has 1 aromatic heterocycles. The fraction of sp³-hybridized carbons (Fsp3) is 0.375. The summed E-state index contributed by atoms with van der Waals surface area (Å²) in [5.74, 6) is -0.676. The molecule has 0 spiro atoms. The van der Waals surface area contributed by atoms with Crippen LogP contribution in [0.4, 0.5) is 5.95 Å². The van der Waals surface area contributed by atoms with Gasteiger partial charge < -0.3 is 10.4 Å². The molecule has 0 bridgehead atoms. The van der Waals surface area contributed by atoms with Gasteiger partial charge in [0.05, 0.1) is 0 Å². The average molecular weight is 181 g/mol. The van der Waals surface area contributed by atoms with Crippen LogP contribution in [0.25, 0.3) is 0 Å². The van der Waals surface area contributed by atoms with Crippen molar-refractivity contribution >= 4 is 11.9 Å². The molecule has 0 saturated carbocycles. The molecule has 1 heterocycles. The summed E-state index contributed by atoms with van der Waals surface area (Å²) in [6, 6.07) is 1.43. The molecule has 0 radical (unpaired) electrons. The lowest BCUT2D eigenvalue weighted by Gasteiger charge is -2.03. The number of carbonyl (C=O) groups is 1. The number of aryl methyl sites for hydroxylation is 1. The van der Waals surface area contributed by atoms with Crippen molar-refractivity contribution in [2.24, 2.45) is 0 Å². The minimum atomic E-state index is -1.04. The van der Waals surface area contributed by atoms with Crippen molar-refractivity contribution in [2.75, 3.05) is 11.9 Å². The van der Waals surface area contributed by atoms with Crippen LogP contribution < -0.4 is 5.32 Å². The van der Waals surface area contributed by atoms with E-state index in [1.165, 1.54) is 6.07 Å². The summed E-state index contributed by atoms with van der Waals surface area (Å²) >= 11 is 0. The van der Waals surface area contributed by atoms with Crippen LogP contribution in [0, 0.1) is 6.92 Å². The molecule has 1 rings (SSSR count). The van der Waals surface area contributed by atoms with Crippen molar-refractivity contribution < 1.29 is 9.90 Å². The third-order valence-corrected chi connectivity index (χ3v) is 1.41. The Bertz CT molecular complexity index is 325. The summed E-state index contributed by atoms with van der Waals surface area (Å²) in [7, 11) is 0. The van der Waals surface area contributed by atoms with E-state index in [2.05, 4.69) is 15.3 Å². The highest BCUT2D eigenvalue weighted by atomic mass is 16.4. The fourth-order valence-electron chi connectivity index (χ4n) is 0.915. The van der Waals surface area contributed by atoms with Crippen LogP contribution in [0.1, 0.15) is 23.1 Å². The van der Waals surface area contributed by atoms with Crippen LogP contribution in [-0.2, 0) is 0 Å². The molecular weight excluding hydrogens is 170 g/mol. The highest BCUT2D eigenvalue weighted by Gasteiger charge is 2.07. The number of rotatable bonds is 3. The van der Waals surface area contributed by atoms with Crippen LogP contribution in [-0.4, -0.2) is 27.6 Å². The molecule has 0 saturated heterocycles. The summed E-state index contributed by atoms with van der Waals surface area (Å²) in [6.45, 7) is 4.30. The molecule has 2 N–H and O–H groups in total. The van der Waals surface area contributed by atoms with Crippen molar-refractivity contribution in [1.29, 1.82) is 0 Å². The molecular formula is C8H11N3O2. The molecule has 0 unspecified atom stereocenters. The van der Waals surface area contributed by atoms with Crippen LogP contribution in [0.5, 0.6) is 0 Å². The zero-order chi connectivity index (χ0) is 9.84. The van der Waals surface area contributed by atoms with Crippen LogP contribution in [0.3, 0.4) is 0 Å². The number of carboxylic acid groups (broad SMARTS) is 1. The Labute approximate surface area is 75.8 Å². The Hall–Kier alpha value is -1.65. The van der Waals surface area contributed by atoms with E-state index in [0.29, 0.717) is 18.2 Å². The Morgan fingerprint density at radius 3 is 2.85 bits per heavy atom. The number of carboxylic acids is 1. The van der Waals surface area contributed by atoms with Crippen LogP contribution in [0.2, 0.25) is 0 Å². The summed E-state index contributed by atoms with van der Waals surface area (Å²) in [4.78, 5) is 18.4. The molecule has 0 atom stereocenters. The smallest absolute Gasteiger partial charge is 0.354 e. The standard InChI is InChI=1S/C8H11N3O2/c1-3-9-8-10-5(2)4-6(11-8)7(12)13/h4H,3H2,1-2H3,(H,12,13)(H,9,10,11). The monoisotopic (exact) mass is 181 g/mol. The van der Waals surface area contributed by atoms with E-state index in [1.54, 1.807) is 6.92 Å². The third-order valence-electron chi connectivity index (χ3n) is 1.41. The zero-order valence-electron chi connectivity index (χ0n) is 7.53. The van der Waals surface area contributed by atoms with Gasteiger partial charge in [-0.1, -0.05) is 0 Å². The highest BCUT2D eigenvalue weighted by molar-refractivity contribution is 5.85. The second kappa shape index (κ2) is 3.84. The van der Waals surface area contributed by atoms with E-state index in [0.717, 1.165) is 0 Å². The van der Waals surface area contributed by atoms with Gasteiger partial charge in [-0.3, -0.25) is 0 Å². The lowest BCUT2D eigenvalue weighted by molar-refractivity contribution is 0.0690. The lowest BCUT2D eigenvalue weighted by Crippen LogP contribution is -2.08. The maximum Gasteiger partial charge on any atom is 0.354 e. The summed E-state index contributed by atoms with van der Waals surface area (Å²) in [5.41, 5.74) is 0.659. The second-order valence-electron chi connectivity index (χ2n) is 2.55. The largest absolute Gasteiger partial charge is 0.477 e. The predicted molar refractivity (Wildman–Crippen MR) is 47.9 cm³/mol. The molecule has 0 amide bonds. The van der Waals surface area contributed by atoms with Crippen molar-refractivity contribution in [3.05, 3.63) is 17.5 Å². The Morgan fingerprint density at radius 2 is 2.31 bits per heavy atom. The molecule has 5 nitrogen and oxygen atoms in total. The van der Waals surface area contributed by atoms with E-state index in [1.807, 2.05) is 6.92 Å². The predicted octanol–water partition coefficient (Wildman–Crippen LogP) is 0.915. The van der Waals surface area contributed by atoms with Gasteiger partial charge in [-0.05, 0) is 19.9 Å². The van der Waals surface area contributed by atoms with E-state index in [4.69, 9.17) is 5.11 Å². The Kier molecular flexibility index (Phi) is 2.79. The normalized spacial score (nSPS) is 9.69. The highest BCUT2D eigenvalue weighted by Crippen LogP contribution is 2.04. The maximum atomic E-state index is 10.6.